The fourth-order valence-corrected chi connectivity index (χ4v) is 4.60. The molecular formula is C29H22N8O. The molecule has 0 saturated heterocycles. The van der Waals surface area contributed by atoms with Crippen LogP contribution in [-0.2, 0) is 13.1 Å². The third-order valence-corrected chi connectivity index (χ3v) is 6.49. The number of pyridine rings is 3. The molecule has 9 nitrogen and oxygen atoms in total. The maximum atomic E-state index is 5.26. The molecule has 3 N–H and O–H groups in total. The van der Waals surface area contributed by atoms with E-state index in [0.717, 1.165) is 56.4 Å². The van der Waals surface area contributed by atoms with Crippen LogP contribution in [0, 0.1) is 0 Å². The summed E-state index contributed by atoms with van der Waals surface area (Å²) >= 11 is 0. The number of hydrogen-bond donors (Lipinski definition) is 3. The highest BCUT2D eigenvalue weighted by Crippen LogP contribution is 2.32. The third-order valence-electron chi connectivity index (χ3n) is 6.49. The first kappa shape index (κ1) is 22.1. The highest BCUT2D eigenvalue weighted by atomic mass is 16.3. The lowest BCUT2D eigenvalue weighted by Crippen LogP contribution is -2.12. The second-order valence-electron chi connectivity index (χ2n) is 9.04. The minimum atomic E-state index is 0.651. The predicted molar refractivity (Wildman–Crippen MR) is 145 cm³/mol. The zero-order valence-corrected chi connectivity index (χ0v) is 20.2. The van der Waals surface area contributed by atoms with Crippen molar-refractivity contribution in [2.45, 2.75) is 13.1 Å². The number of furan rings is 1. The lowest BCUT2D eigenvalue weighted by Gasteiger charge is -2.07. The average Bonchev–Trinajstić information content (AvgIpc) is 3.73. The van der Waals surface area contributed by atoms with Crippen molar-refractivity contribution in [3.63, 3.8) is 0 Å². The van der Waals surface area contributed by atoms with Gasteiger partial charge in [-0.15, -0.1) is 0 Å². The maximum Gasteiger partial charge on any atom is 0.159 e. The van der Waals surface area contributed by atoms with Gasteiger partial charge >= 0.3 is 0 Å². The topological polar surface area (TPSA) is 121 Å². The first-order valence-electron chi connectivity index (χ1n) is 12.2. The molecule has 9 heteroatoms. The molecule has 0 radical (unpaired) electrons. The van der Waals surface area contributed by atoms with Crippen LogP contribution >= 0.6 is 0 Å². The Hall–Kier alpha value is -5.15. The van der Waals surface area contributed by atoms with Crippen LogP contribution in [0.3, 0.4) is 0 Å². The number of imidazole rings is 1. The molecule has 0 fully saturated rings. The Kier molecular flexibility index (Phi) is 5.45. The van der Waals surface area contributed by atoms with Gasteiger partial charge in [0.05, 0.1) is 41.6 Å². The van der Waals surface area contributed by atoms with E-state index in [1.807, 2.05) is 42.7 Å². The second-order valence-corrected chi connectivity index (χ2v) is 9.04. The van der Waals surface area contributed by atoms with Crippen LogP contribution < -0.4 is 5.32 Å². The van der Waals surface area contributed by atoms with E-state index in [1.54, 1.807) is 31.1 Å². The van der Waals surface area contributed by atoms with E-state index < -0.39 is 0 Å². The molecule has 0 aliphatic rings. The molecule has 0 aliphatic heterocycles. The van der Waals surface area contributed by atoms with E-state index in [2.05, 4.69) is 53.6 Å². The monoisotopic (exact) mass is 498 g/mol. The Morgan fingerprint density at radius 3 is 2.61 bits per heavy atom. The smallest absolute Gasteiger partial charge is 0.159 e. The van der Waals surface area contributed by atoms with Gasteiger partial charge < -0.3 is 14.7 Å². The number of rotatable bonds is 7. The summed E-state index contributed by atoms with van der Waals surface area (Å²) in [4.78, 5) is 21.7. The molecule has 0 unspecified atom stereocenters. The number of hydrogen-bond acceptors (Lipinski definition) is 7. The first-order chi connectivity index (χ1) is 18.8. The van der Waals surface area contributed by atoms with Crippen LogP contribution in [0.5, 0.6) is 0 Å². The van der Waals surface area contributed by atoms with Crippen molar-refractivity contribution in [1.29, 1.82) is 0 Å². The van der Waals surface area contributed by atoms with Gasteiger partial charge in [-0.2, -0.15) is 5.10 Å². The fraction of sp³-hybridized carbons (Fsp3) is 0.0690. The van der Waals surface area contributed by atoms with Crippen LogP contribution in [-0.4, -0.2) is 35.1 Å². The Balaban J connectivity index is 1.20. The quantitative estimate of drug-likeness (QED) is 0.265. The van der Waals surface area contributed by atoms with Crippen molar-refractivity contribution in [1.82, 2.24) is 40.4 Å². The molecule has 0 aliphatic carbocycles. The van der Waals surface area contributed by atoms with Gasteiger partial charge in [-0.3, -0.25) is 20.1 Å². The maximum absolute atomic E-state index is 5.26. The molecule has 6 aromatic heterocycles. The van der Waals surface area contributed by atoms with E-state index >= 15 is 0 Å². The lowest BCUT2D eigenvalue weighted by molar-refractivity contribution is 0.568. The van der Waals surface area contributed by atoms with Gasteiger partial charge in [0.2, 0.25) is 0 Å². The van der Waals surface area contributed by atoms with Gasteiger partial charge in [0.15, 0.2) is 5.82 Å². The van der Waals surface area contributed by atoms with Gasteiger partial charge in [-0.05, 0) is 29.3 Å². The van der Waals surface area contributed by atoms with Crippen molar-refractivity contribution < 1.29 is 4.42 Å². The van der Waals surface area contributed by atoms with Crippen molar-refractivity contribution in [2.24, 2.45) is 0 Å². The predicted octanol–water partition coefficient (Wildman–Crippen LogP) is 5.51. The van der Waals surface area contributed by atoms with E-state index in [4.69, 9.17) is 9.40 Å². The number of fused-ring (bicyclic) bond motifs is 2. The van der Waals surface area contributed by atoms with Gasteiger partial charge in [0, 0.05) is 53.8 Å². The summed E-state index contributed by atoms with van der Waals surface area (Å²) < 4.78 is 5.26. The highest BCUT2D eigenvalue weighted by molar-refractivity contribution is 5.97. The summed E-state index contributed by atoms with van der Waals surface area (Å²) in [7, 11) is 0. The van der Waals surface area contributed by atoms with Gasteiger partial charge in [0.1, 0.15) is 11.2 Å². The summed E-state index contributed by atoms with van der Waals surface area (Å²) in [6, 6.07) is 16.4. The standard InChI is InChI=1S/C29H22N8O/c1-2-4-18(5-3-1)10-30-11-19-8-21(13-31-12-19)24-9-22-25(16-33-24)36-37-28(22)29-34-26-15-32-14-23(27(26)35-29)20-6-7-38-17-20/h1-9,12-17,30H,10-11H2,(H,34,35)(H,36,37). The highest BCUT2D eigenvalue weighted by Gasteiger charge is 2.17. The van der Waals surface area contributed by atoms with E-state index in [9.17, 15) is 0 Å². The summed E-state index contributed by atoms with van der Waals surface area (Å²) in [5, 5.41) is 12.0. The second kappa shape index (κ2) is 9.38. The van der Waals surface area contributed by atoms with Crippen molar-refractivity contribution in [3.8, 4) is 33.9 Å². The van der Waals surface area contributed by atoms with Crippen molar-refractivity contribution in [2.75, 3.05) is 0 Å². The number of aromatic nitrogens is 7. The van der Waals surface area contributed by atoms with Gasteiger partial charge in [0.25, 0.3) is 0 Å². The number of H-pyrrole nitrogens is 2. The van der Waals surface area contributed by atoms with Crippen LogP contribution in [0.2, 0.25) is 0 Å². The normalized spacial score (nSPS) is 11.5. The molecule has 7 aromatic rings. The van der Waals surface area contributed by atoms with Crippen LogP contribution in [0.15, 0.2) is 96.5 Å². The summed E-state index contributed by atoms with van der Waals surface area (Å²) in [6.45, 7) is 1.50. The van der Waals surface area contributed by atoms with Crippen molar-refractivity contribution in [3.05, 3.63) is 103 Å². The minimum absolute atomic E-state index is 0.651. The fourth-order valence-electron chi connectivity index (χ4n) is 4.60. The molecule has 184 valence electrons. The van der Waals surface area contributed by atoms with E-state index in [0.29, 0.717) is 18.1 Å². The van der Waals surface area contributed by atoms with Crippen LogP contribution in [0.4, 0.5) is 0 Å². The molecule has 0 saturated carbocycles. The molecule has 0 amide bonds. The summed E-state index contributed by atoms with van der Waals surface area (Å²) in [6.07, 6.45) is 12.4. The minimum Gasteiger partial charge on any atom is -0.472 e. The third kappa shape index (κ3) is 4.10. The number of nitrogens with one attached hydrogen (secondary N) is 3. The molecular weight excluding hydrogens is 476 g/mol. The average molecular weight is 499 g/mol. The Bertz CT molecular complexity index is 1850. The van der Waals surface area contributed by atoms with Crippen LogP contribution in [0.1, 0.15) is 11.1 Å². The summed E-state index contributed by atoms with van der Waals surface area (Å²) in [5.74, 6) is 0.651. The molecule has 6 heterocycles. The van der Waals surface area contributed by atoms with E-state index in [1.165, 1.54) is 5.56 Å². The molecule has 0 spiro atoms. The number of nitrogens with zero attached hydrogens (tertiary/aromatic N) is 5. The van der Waals surface area contributed by atoms with Crippen molar-refractivity contribution >= 4 is 21.9 Å². The van der Waals surface area contributed by atoms with E-state index in [-0.39, 0.29) is 0 Å². The first-order valence-corrected chi connectivity index (χ1v) is 12.2. The molecule has 7 rings (SSSR count). The SMILES string of the molecule is c1ccc(CNCc2cncc(-c3cc4c(-c5nc6c(-c7ccoc7)cncc6[nH]5)n[nH]c4cn3)c2)cc1. The molecule has 0 bridgehead atoms. The van der Waals surface area contributed by atoms with Gasteiger partial charge in [-0.25, -0.2) is 4.98 Å². The molecule has 0 atom stereocenters. The zero-order chi connectivity index (χ0) is 25.3. The van der Waals surface area contributed by atoms with Gasteiger partial charge in [-0.1, -0.05) is 30.3 Å². The molecule has 38 heavy (non-hydrogen) atoms. The number of benzene rings is 1. The molecule has 1 aromatic carbocycles. The zero-order valence-electron chi connectivity index (χ0n) is 20.2. The number of aromatic amines is 2. The van der Waals surface area contributed by atoms with Crippen LogP contribution in [0.25, 0.3) is 55.8 Å². The summed E-state index contributed by atoms with van der Waals surface area (Å²) in [5.41, 5.74) is 9.07. The largest absolute Gasteiger partial charge is 0.472 e. The Labute approximate surface area is 217 Å². The Morgan fingerprint density at radius 1 is 0.816 bits per heavy atom. The Morgan fingerprint density at radius 2 is 1.71 bits per heavy atom. The lowest BCUT2D eigenvalue weighted by atomic mass is 10.1.